The van der Waals surface area contributed by atoms with Gasteiger partial charge in [0.15, 0.2) is 0 Å². The third-order valence-electron chi connectivity index (χ3n) is 3.85. The molecule has 0 radical (unpaired) electrons. The van der Waals surface area contributed by atoms with E-state index >= 15 is 0 Å². The van der Waals surface area contributed by atoms with Crippen LogP contribution in [0.3, 0.4) is 0 Å². The van der Waals surface area contributed by atoms with Gasteiger partial charge in [-0.3, -0.25) is 4.98 Å². The molecular weight excluding hydrogens is 246 g/mol. The number of pyridine rings is 1. The van der Waals surface area contributed by atoms with Crippen LogP contribution in [0.2, 0.25) is 0 Å². The third-order valence-corrected chi connectivity index (χ3v) is 3.85. The molecule has 2 nitrogen and oxygen atoms in total. The monoisotopic (exact) mass is 277 g/mol. The fraction of sp³-hybridized carbons (Fsp3) is 0.722. The predicted molar refractivity (Wildman–Crippen MR) is 85.8 cm³/mol. The summed E-state index contributed by atoms with van der Waals surface area (Å²) in [6.07, 6.45) is 19.4. The third kappa shape index (κ3) is 9.96. The van der Waals surface area contributed by atoms with Gasteiger partial charge in [0.05, 0.1) is 0 Å². The molecule has 1 N–H and O–H groups in total. The van der Waals surface area contributed by atoms with Gasteiger partial charge in [0.1, 0.15) is 0 Å². The van der Waals surface area contributed by atoms with Gasteiger partial charge < -0.3 is 5.11 Å². The van der Waals surface area contributed by atoms with Crippen molar-refractivity contribution in [2.45, 2.75) is 77.0 Å². The molecule has 1 aromatic rings. The average Bonchev–Trinajstić information content (AvgIpc) is 2.49. The Hall–Kier alpha value is -0.890. The van der Waals surface area contributed by atoms with Crippen molar-refractivity contribution in [1.82, 2.24) is 4.98 Å². The molecule has 2 heteroatoms. The van der Waals surface area contributed by atoms with E-state index in [0.717, 1.165) is 6.42 Å². The molecule has 20 heavy (non-hydrogen) atoms. The van der Waals surface area contributed by atoms with Crippen LogP contribution in [0.4, 0.5) is 0 Å². The fourth-order valence-electron chi connectivity index (χ4n) is 2.58. The molecule has 1 aromatic heterocycles. The van der Waals surface area contributed by atoms with Crippen LogP contribution >= 0.6 is 0 Å². The molecule has 0 saturated heterocycles. The summed E-state index contributed by atoms with van der Waals surface area (Å²) < 4.78 is 0. The lowest BCUT2D eigenvalue weighted by atomic mass is 10.0. The minimum Gasteiger partial charge on any atom is -0.396 e. The van der Waals surface area contributed by atoms with E-state index < -0.39 is 0 Å². The van der Waals surface area contributed by atoms with Crippen LogP contribution in [0.25, 0.3) is 0 Å². The van der Waals surface area contributed by atoms with Crippen molar-refractivity contribution < 1.29 is 5.11 Å². The second-order valence-electron chi connectivity index (χ2n) is 5.72. The van der Waals surface area contributed by atoms with E-state index in [-0.39, 0.29) is 0 Å². The average molecular weight is 277 g/mol. The van der Waals surface area contributed by atoms with E-state index in [9.17, 15) is 0 Å². The number of aryl methyl sites for hydroxylation is 1. The lowest BCUT2D eigenvalue weighted by Crippen LogP contribution is -1.87. The summed E-state index contributed by atoms with van der Waals surface area (Å²) in [7, 11) is 0. The van der Waals surface area contributed by atoms with Crippen LogP contribution in [0, 0.1) is 0 Å². The molecule has 0 aliphatic heterocycles. The zero-order valence-corrected chi connectivity index (χ0v) is 12.9. The zero-order valence-electron chi connectivity index (χ0n) is 12.9. The molecule has 0 saturated carbocycles. The van der Waals surface area contributed by atoms with Gasteiger partial charge in [-0.2, -0.15) is 0 Å². The highest BCUT2D eigenvalue weighted by molar-refractivity contribution is 5.08. The minimum absolute atomic E-state index is 0.360. The summed E-state index contributed by atoms with van der Waals surface area (Å²) in [4.78, 5) is 4.15. The summed E-state index contributed by atoms with van der Waals surface area (Å²) in [5.41, 5.74) is 1.37. The largest absolute Gasteiger partial charge is 0.396 e. The molecule has 0 unspecified atom stereocenters. The molecular formula is C18H31NO. The fourth-order valence-corrected chi connectivity index (χ4v) is 2.58. The van der Waals surface area contributed by atoms with E-state index in [1.165, 1.54) is 76.2 Å². The molecule has 114 valence electrons. The van der Waals surface area contributed by atoms with Crippen LogP contribution in [-0.2, 0) is 6.42 Å². The molecule has 0 aliphatic rings. The van der Waals surface area contributed by atoms with Gasteiger partial charge in [-0.25, -0.2) is 0 Å². The van der Waals surface area contributed by atoms with Gasteiger partial charge in [0.25, 0.3) is 0 Å². The molecule has 1 heterocycles. The smallest absolute Gasteiger partial charge is 0.0431 e. The Morgan fingerprint density at radius 1 is 0.750 bits per heavy atom. The number of nitrogens with zero attached hydrogens (tertiary/aromatic N) is 1. The van der Waals surface area contributed by atoms with Crippen LogP contribution < -0.4 is 0 Å². The van der Waals surface area contributed by atoms with Crippen molar-refractivity contribution in [1.29, 1.82) is 0 Å². The Morgan fingerprint density at radius 2 is 1.30 bits per heavy atom. The maximum absolute atomic E-state index is 8.68. The molecule has 0 fully saturated rings. The number of aliphatic hydroxyl groups is 1. The number of hydrogen-bond donors (Lipinski definition) is 1. The maximum Gasteiger partial charge on any atom is 0.0431 e. The molecule has 0 spiro atoms. The van der Waals surface area contributed by atoms with Crippen molar-refractivity contribution in [3.8, 4) is 0 Å². The molecule has 0 amide bonds. The van der Waals surface area contributed by atoms with Crippen LogP contribution in [-0.4, -0.2) is 16.7 Å². The second-order valence-corrected chi connectivity index (χ2v) is 5.72. The first kappa shape index (κ1) is 17.2. The Balaban J connectivity index is 1.77. The lowest BCUT2D eigenvalue weighted by Gasteiger charge is -2.03. The molecule has 0 bridgehead atoms. The van der Waals surface area contributed by atoms with Crippen molar-refractivity contribution >= 4 is 0 Å². The summed E-state index contributed by atoms with van der Waals surface area (Å²) in [5, 5.41) is 8.68. The summed E-state index contributed by atoms with van der Waals surface area (Å²) >= 11 is 0. The van der Waals surface area contributed by atoms with E-state index in [1.807, 2.05) is 18.5 Å². The first-order chi connectivity index (χ1) is 9.93. The Kier molecular flexibility index (Phi) is 11.2. The summed E-state index contributed by atoms with van der Waals surface area (Å²) in [6.45, 7) is 0.360. The number of rotatable bonds is 13. The standard InChI is InChI=1S/C18H31NO/c20-16-11-9-7-5-3-1-2-4-6-8-10-13-18-14-12-15-19-17-18/h12,14-15,17,20H,1-11,13,16H2. The van der Waals surface area contributed by atoms with Gasteiger partial charge in [-0.1, -0.05) is 63.9 Å². The number of unbranched alkanes of at least 4 members (excludes halogenated alkanes) is 10. The van der Waals surface area contributed by atoms with Crippen molar-refractivity contribution in [3.63, 3.8) is 0 Å². The highest BCUT2D eigenvalue weighted by Gasteiger charge is 1.95. The van der Waals surface area contributed by atoms with Crippen LogP contribution in [0.1, 0.15) is 76.2 Å². The molecule has 0 aromatic carbocycles. The van der Waals surface area contributed by atoms with Crippen LogP contribution in [0.5, 0.6) is 0 Å². The predicted octanol–water partition coefficient (Wildman–Crippen LogP) is 4.91. The Bertz CT molecular complexity index is 300. The maximum atomic E-state index is 8.68. The normalized spacial score (nSPS) is 10.8. The van der Waals surface area contributed by atoms with Crippen molar-refractivity contribution in [2.24, 2.45) is 0 Å². The van der Waals surface area contributed by atoms with E-state index in [0.29, 0.717) is 6.61 Å². The van der Waals surface area contributed by atoms with E-state index in [4.69, 9.17) is 5.11 Å². The van der Waals surface area contributed by atoms with Crippen LogP contribution in [0.15, 0.2) is 24.5 Å². The number of hydrogen-bond acceptors (Lipinski definition) is 2. The lowest BCUT2D eigenvalue weighted by molar-refractivity contribution is 0.282. The zero-order chi connectivity index (χ0) is 14.3. The SMILES string of the molecule is OCCCCCCCCCCCCCc1cccnc1. The van der Waals surface area contributed by atoms with Crippen molar-refractivity contribution in [3.05, 3.63) is 30.1 Å². The molecule has 0 aliphatic carbocycles. The van der Waals surface area contributed by atoms with Crippen molar-refractivity contribution in [2.75, 3.05) is 6.61 Å². The first-order valence-corrected chi connectivity index (χ1v) is 8.43. The number of aliphatic hydroxyl groups excluding tert-OH is 1. The summed E-state index contributed by atoms with van der Waals surface area (Å²) in [5.74, 6) is 0. The van der Waals surface area contributed by atoms with Gasteiger partial charge in [-0.05, 0) is 30.9 Å². The second kappa shape index (κ2) is 13.1. The van der Waals surface area contributed by atoms with Gasteiger partial charge in [0, 0.05) is 19.0 Å². The molecule has 1 rings (SSSR count). The quantitative estimate of drug-likeness (QED) is 0.520. The highest BCUT2D eigenvalue weighted by atomic mass is 16.2. The minimum atomic E-state index is 0.360. The van der Waals surface area contributed by atoms with E-state index in [2.05, 4.69) is 11.1 Å². The van der Waals surface area contributed by atoms with Gasteiger partial charge in [0.2, 0.25) is 0 Å². The topological polar surface area (TPSA) is 33.1 Å². The first-order valence-electron chi connectivity index (χ1n) is 8.43. The van der Waals surface area contributed by atoms with Gasteiger partial charge >= 0.3 is 0 Å². The molecule has 0 atom stereocenters. The van der Waals surface area contributed by atoms with E-state index in [1.54, 1.807) is 0 Å². The Morgan fingerprint density at radius 3 is 1.80 bits per heavy atom. The number of aromatic nitrogens is 1. The highest BCUT2D eigenvalue weighted by Crippen LogP contribution is 2.12. The summed E-state index contributed by atoms with van der Waals surface area (Å²) in [6, 6.07) is 4.19. The Labute approximate surface area is 124 Å². The van der Waals surface area contributed by atoms with Gasteiger partial charge in [-0.15, -0.1) is 0 Å².